The van der Waals surface area contributed by atoms with Crippen molar-refractivity contribution in [3.8, 4) is 51.0 Å². The van der Waals surface area contributed by atoms with E-state index in [1.165, 1.54) is 32.9 Å². The minimum atomic E-state index is 0.606. The van der Waals surface area contributed by atoms with Crippen LogP contribution in [0.3, 0.4) is 0 Å². The molecule has 3 aromatic heterocycles. The number of hydrogen-bond donors (Lipinski definition) is 0. The van der Waals surface area contributed by atoms with Gasteiger partial charge in [0.2, 0.25) is 0 Å². The van der Waals surface area contributed by atoms with Crippen molar-refractivity contribution in [1.82, 2.24) is 19.5 Å². The Balaban J connectivity index is 1.04. The largest absolute Gasteiger partial charge is 0.456 e. The number of hydrogen-bond acceptors (Lipinski definition) is 4. The van der Waals surface area contributed by atoms with Gasteiger partial charge in [0, 0.05) is 49.5 Å². The van der Waals surface area contributed by atoms with Gasteiger partial charge in [-0.3, -0.25) is 0 Å². The van der Waals surface area contributed by atoms with Crippen LogP contribution in [-0.2, 0) is 0 Å². The fourth-order valence-electron chi connectivity index (χ4n) is 8.25. The highest BCUT2D eigenvalue weighted by Crippen LogP contribution is 2.40. The normalized spacial score (nSPS) is 12.9. The second-order valence-electron chi connectivity index (χ2n) is 14.3. The summed E-state index contributed by atoms with van der Waals surface area (Å²) in [6, 6.07) is 57.1. The van der Waals surface area contributed by atoms with Crippen LogP contribution in [0.15, 0.2) is 186 Å². The lowest BCUT2D eigenvalue weighted by molar-refractivity contribution is 0.669. The van der Waals surface area contributed by atoms with E-state index in [0.29, 0.717) is 17.5 Å². The zero-order chi connectivity index (χ0) is 37.0. The standard InChI is InChI=1S/C51H34N4O/c1-4-14-34(15-5-1)39-21-12-22-40-43-32-37(30-31-44(43)55(48(39)40)38-18-8-3-9-19-38)33-26-28-36(29-27-33)50-52-49(35-16-6-2-7-17-35)53-51(54-50)42-23-13-25-46-47(42)41-20-10-11-24-45(41)56-46/h2-4,6-32H,1,5H2. The quantitative estimate of drug-likeness (QED) is 0.172. The minimum Gasteiger partial charge on any atom is -0.456 e. The molecule has 3 heterocycles. The summed E-state index contributed by atoms with van der Waals surface area (Å²) in [6.45, 7) is 0. The van der Waals surface area contributed by atoms with Crippen LogP contribution in [0.25, 0.3) is 100 Å². The summed E-state index contributed by atoms with van der Waals surface area (Å²) in [5, 5.41) is 4.50. The summed E-state index contributed by atoms with van der Waals surface area (Å²) >= 11 is 0. The van der Waals surface area contributed by atoms with E-state index in [0.717, 1.165) is 68.3 Å². The number of para-hydroxylation sites is 3. The second-order valence-corrected chi connectivity index (χ2v) is 14.3. The molecule has 0 N–H and O–H groups in total. The first-order valence-corrected chi connectivity index (χ1v) is 19.1. The highest BCUT2D eigenvalue weighted by Gasteiger charge is 2.20. The molecule has 0 bridgehead atoms. The lowest BCUT2D eigenvalue weighted by Gasteiger charge is -2.13. The SMILES string of the molecule is C1=CC(c2cccc3c4cc(-c5ccc(-c6nc(-c7ccccc7)nc(-c7cccc8oc9ccccc9c78)n6)cc5)ccc4n(-c4ccccc4)c23)=CCC1. The maximum absolute atomic E-state index is 6.23. The van der Waals surface area contributed by atoms with E-state index in [9.17, 15) is 0 Å². The Morgan fingerprint density at radius 2 is 1.11 bits per heavy atom. The predicted molar refractivity (Wildman–Crippen MR) is 230 cm³/mol. The fourth-order valence-corrected chi connectivity index (χ4v) is 8.25. The van der Waals surface area contributed by atoms with E-state index >= 15 is 0 Å². The second kappa shape index (κ2) is 13.2. The van der Waals surface area contributed by atoms with Crippen molar-refractivity contribution in [2.24, 2.45) is 0 Å². The summed E-state index contributed by atoms with van der Waals surface area (Å²) in [6.07, 6.45) is 9.08. The van der Waals surface area contributed by atoms with Crippen LogP contribution in [0.5, 0.6) is 0 Å². The number of nitrogens with zero attached hydrogens (tertiary/aromatic N) is 4. The monoisotopic (exact) mass is 718 g/mol. The van der Waals surface area contributed by atoms with Crippen LogP contribution in [0.1, 0.15) is 18.4 Å². The lowest BCUT2D eigenvalue weighted by atomic mass is 9.96. The lowest BCUT2D eigenvalue weighted by Crippen LogP contribution is -2.00. The average Bonchev–Trinajstić information content (AvgIpc) is 3.83. The van der Waals surface area contributed by atoms with Crippen LogP contribution in [0.2, 0.25) is 0 Å². The van der Waals surface area contributed by atoms with Gasteiger partial charge in [-0.05, 0) is 65.9 Å². The number of aromatic nitrogens is 4. The van der Waals surface area contributed by atoms with Crippen LogP contribution >= 0.6 is 0 Å². The van der Waals surface area contributed by atoms with Crippen LogP contribution in [0, 0.1) is 0 Å². The Kier molecular flexibility index (Phi) is 7.56. The molecule has 56 heavy (non-hydrogen) atoms. The Morgan fingerprint density at radius 3 is 1.91 bits per heavy atom. The van der Waals surface area contributed by atoms with E-state index < -0.39 is 0 Å². The van der Waals surface area contributed by atoms with Crippen molar-refractivity contribution in [2.75, 3.05) is 0 Å². The van der Waals surface area contributed by atoms with Crippen molar-refractivity contribution >= 4 is 49.3 Å². The van der Waals surface area contributed by atoms with Crippen molar-refractivity contribution < 1.29 is 4.42 Å². The molecule has 0 saturated carbocycles. The van der Waals surface area contributed by atoms with Crippen LogP contribution in [-0.4, -0.2) is 19.5 Å². The first-order chi connectivity index (χ1) is 27.8. The van der Waals surface area contributed by atoms with E-state index in [1.54, 1.807) is 0 Å². The van der Waals surface area contributed by atoms with Gasteiger partial charge in [-0.2, -0.15) is 0 Å². The summed E-state index contributed by atoms with van der Waals surface area (Å²) in [5.41, 5.74) is 12.8. The topological polar surface area (TPSA) is 56.7 Å². The van der Waals surface area contributed by atoms with Crippen LogP contribution < -0.4 is 0 Å². The predicted octanol–water partition coefficient (Wildman–Crippen LogP) is 13.3. The van der Waals surface area contributed by atoms with Gasteiger partial charge in [0.25, 0.3) is 0 Å². The molecule has 5 heteroatoms. The van der Waals surface area contributed by atoms with Crippen molar-refractivity contribution in [3.05, 3.63) is 188 Å². The minimum absolute atomic E-state index is 0.606. The molecule has 0 saturated heterocycles. The van der Waals surface area contributed by atoms with Gasteiger partial charge in [0.1, 0.15) is 11.2 Å². The molecule has 5 nitrogen and oxygen atoms in total. The molecule has 0 unspecified atom stereocenters. The molecule has 11 rings (SSSR count). The van der Waals surface area contributed by atoms with Gasteiger partial charge >= 0.3 is 0 Å². The molecular formula is C51H34N4O. The molecule has 0 atom stereocenters. The molecule has 0 fully saturated rings. The third kappa shape index (κ3) is 5.36. The van der Waals surface area contributed by atoms with Gasteiger partial charge < -0.3 is 8.98 Å². The number of fused-ring (bicyclic) bond motifs is 6. The molecule has 0 radical (unpaired) electrons. The molecule has 1 aliphatic rings. The van der Waals surface area contributed by atoms with Crippen molar-refractivity contribution in [3.63, 3.8) is 0 Å². The number of benzene rings is 7. The zero-order valence-electron chi connectivity index (χ0n) is 30.4. The third-order valence-electron chi connectivity index (χ3n) is 10.9. The first kappa shape index (κ1) is 32.1. The van der Waals surface area contributed by atoms with E-state index in [4.69, 9.17) is 19.4 Å². The molecule has 264 valence electrons. The van der Waals surface area contributed by atoms with Gasteiger partial charge in [0.05, 0.1) is 11.0 Å². The summed E-state index contributed by atoms with van der Waals surface area (Å²) in [4.78, 5) is 15.2. The maximum atomic E-state index is 6.23. The molecule has 0 aliphatic heterocycles. The summed E-state index contributed by atoms with van der Waals surface area (Å²) in [5.74, 6) is 1.85. The molecular weight excluding hydrogens is 685 g/mol. The van der Waals surface area contributed by atoms with Gasteiger partial charge in [-0.15, -0.1) is 0 Å². The summed E-state index contributed by atoms with van der Waals surface area (Å²) < 4.78 is 8.65. The van der Waals surface area contributed by atoms with Crippen molar-refractivity contribution in [2.45, 2.75) is 12.8 Å². The summed E-state index contributed by atoms with van der Waals surface area (Å²) in [7, 11) is 0. The molecule has 0 spiro atoms. The fraction of sp³-hybridized carbons (Fsp3) is 0.0392. The molecule has 1 aliphatic carbocycles. The first-order valence-electron chi connectivity index (χ1n) is 19.1. The maximum Gasteiger partial charge on any atom is 0.164 e. The van der Waals surface area contributed by atoms with Crippen LogP contribution in [0.4, 0.5) is 0 Å². The average molecular weight is 719 g/mol. The van der Waals surface area contributed by atoms with E-state index in [1.807, 2.05) is 60.7 Å². The number of furan rings is 1. The Hall–Kier alpha value is -7.37. The molecule has 0 amide bonds. The van der Waals surface area contributed by atoms with Crippen molar-refractivity contribution in [1.29, 1.82) is 0 Å². The highest BCUT2D eigenvalue weighted by atomic mass is 16.3. The number of rotatable bonds is 6. The van der Waals surface area contributed by atoms with Gasteiger partial charge in [-0.1, -0.05) is 146 Å². The van der Waals surface area contributed by atoms with E-state index in [2.05, 4.69) is 126 Å². The van der Waals surface area contributed by atoms with E-state index in [-0.39, 0.29) is 0 Å². The smallest absolute Gasteiger partial charge is 0.164 e. The highest BCUT2D eigenvalue weighted by molar-refractivity contribution is 6.14. The molecule has 7 aromatic carbocycles. The Bertz CT molecular complexity index is 3170. The third-order valence-corrected chi connectivity index (χ3v) is 10.9. The Labute approximate surface area is 323 Å². The van der Waals surface area contributed by atoms with Gasteiger partial charge in [-0.25, -0.2) is 15.0 Å². The number of allylic oxidation sites excluding steroid dienone is 4. The Morgan fingerprint density at radius 1 is 0.464 bits per heavy atom. The zero-order valence-corrected chi connectivity index (χ0v) is 30.4. The van der Waals surface area contributed by atoms with Gasteiger partial charge in [0.15, 0.2) is 17.5 Å². The molecule has 10 aromatic rings.